The largest absolute Gasteiger partial charge is 0.507 e. The smallest absolute Gasteiger partial charge is 0.255 e. The number of hydrogen-bond acceptors (Lipinski definition) is 8. The quantitative estimate of drug-likeness (QED) is 0.308. The molecule has 1 amide bonds. The minimum atomic E-state index is -3.72. The van der Waals surface area contributed by atoms with Gasteiger partial charge in [0.1, 0.15) is 16.9 Å². The van der Waals surface area contributed by atoms with Crippen LogP contribution in [0.3, 0.4) is 0 Å². The number of aliphatic hydroxyl groups is 2. The number of para-hydroxylation sites is 1. The fraction of sp³-hybridized carbons (Fsp3) is 0.379. The van der Waals surface area contributed by atoms with E-state index in [1.54, 1.807) is 24.3 Å². The van der Waals surface area contributed by atoms with E-state index in [1.165, 1.54) is 30.4 Å². The first-order valence-electron chi connectivity index (χ1n) is 12.4. The Hall–Kier alpha value is -3.41. The number of thiazole rings is 1. The lowest BCUT2D eigenvalue weighted by molar-refractivity contribution is 0.0938. The summed E-state index contributed by atoms with van der Waals surface area (Å²) in [4.78, 5) is 17.0. The third kappa shape index (κ3) is 6.43. The molecule has 1 aromatic heterocycles. The maximum Gasteiger partial charge on any atom is 0.255 e. The second-order valence-corrected chi connectivity index (χ2v) is 13.8. The molecule has 1 saturated carbocycles. The van der Waals surface area contributed by atoms with Crippen LogP contribution in [0.2, 0.25) is 0 Å². The molecule has 0 saturated heterocycles. The summed E-state index contributed by atoms with van der Waals surface area (Å²) in [5.74, 6) is 10.9. The lowest BCUT2D eigenvalue weighted by Gasteiger charge is -2.34. The van der Waals surface area contributed by atoms with Gasteiger partial charge in [0.25, 0.3) is 5.91 Å². The second-order valence-electron chi connectivity index (χ2n) is 10.2. The van der Waals surface area contributed by atoms with Crippen molar-refractivity contribution in [3.63, 3.8) is 0 Å². The van der Waals surface area contributed by atoms with Crippen LogP contribution in [0, 0.1) is 29.1 Å². The third-order valence-corrected chi connectivity index (χ3v) is 10.4. The van der Waals surface area contributed by atoms with Gasteiger partial charge in [-0.15, -0.1) is 11.3 Å². The number of amides is 1. The van der Waals surface area contributed by atoms with Crippen molar-refractivity contribution in [2.45, 2.75) is 43.5 Å². The van der Waals surface area contributed by atoms with E-state index >= 15 is 0 Å². The molecule has 0 bridgehead atoms. The lowest BCUT2D eigenvalue weighted by Crippen LogP contribution is -2.47. The molecule has 10 heteroatoms. The number of nitrogens with one attached hydrogen (secondary N) is 1. The Kier molecular flexibility index (Phi) is 8.34. The molecule has 1 aliphatic rings. The van der Waals surface area contributed by atoms with E-state index in [0.717, 1.165) is 35.8 Å². The van der Waals surface area contributed by atoms with Crippen LogP contribution in [0.5, 0.6) is 5.75 Å². The predicted octanol–water partition coefficient (Wildman–Crippen LogP) is 3.18. The maximum absolute atomic E-state index is 12.7. The van der Waals surface area contributed by atoms with Crippen molar-refractivity contribution >= 4 is 37.3 Å². The summed E-state index contributed by atoms with van der Waals surface area (Å²) in [6, 6.07) is 11.4. The average Bonchev–Trinajstić information content (AvgIpc) is 3.30. The first-order chi connectivity index (χ1) is 18.5. The highest BCUT2D eigenvalue weighted by Crippen LogP contribution is 2.39. The van der Waals surface area contributed by atoms with Crippen molar-refractivity contribution in [3.8, 4) is 29.4 Å². The van der Waals surface area contributed by atoms with Crippen LogP contribution in [0.4, 0.5) is 0 Å². The molecule has 2 atom stereocenters. The van der Waals surface area contributed by atoms with Crippen molar-refractivity contribution in [1.29, 1.82) is 0 Å². The van der Waals surface area contributed by atoms with Crippen molar-refractivity contribution in [3.05, 3.63) is 58.6 Å². The maximum atomic E-state index is 12.7. The fourth-order valence-electron chi connectivity index (χ4n) is 4.24. The molecule has 3 aromatic rings. The minimum Gasteiger partial charge on any atom is -0.507 e. The Labute approximate surface area is 232 Å². The molecule has 0 radical (unpaired) electrons. The van der Waals surface area contributed by atoms with Gasteiger partial charge < -0.3 is 20.6 Å². The summed E-state index contributed by atoms with van der Waals surface area (Å²) in [7, 11) is -3.72. The van der Waals surface area contributed by atoms with Crippen LogP contribution in [-0.4, -0.2) is 58.8 Å². The molecule has 1 aliphatic carbocycles. The number of phenolic OH excluding ortho intramolecular Hbond substituents is 1. The molecule has 4 rings (SSSR count). The highest BCUT2D eigenvalue weighted by molar-refractivity contribution is 7.92. The van der Waals surface area contributed by atoms with Crippen LogP contribution in [-0.2, 0) is 9.84 Å². The Balaban J connectivity index is 1.48. The molecule has 0 spiro atoms. The first-order valence-corrected chi connectivity index (χ1v) is 15.1. The molecular weight excluding hydrogens is 536 g/mol. The van der Waals surface area contributed by atoms with Crippen LogP contribution in [0.1, 0.15) is 59.6 Å². The van der Waals surface area contributed by atoms with Gasteiger partial charge in [0.15, 0.2) is 9.84 Å². The van der Waals surface area contributed by atoms with E-state index in [0.29, 0.717) is 10.5 Å². The number of carbonyl (C=O) groups is 1. The Bertz CT molecular complexity index is 1610. The van der Waals surface area contributed by atoms with Gasteiger partial charge in [-0.25, -0.2) is 13.4 Å². The van der Waals surface area contributed by atoms with E-state index in [4.69, 9.17) is 0 Å². The fourth-order valence-corrected chi connectivity index (χ4v) is 6.02. The number of hydrogen-bond donors (Lipinski definition) is 4. The van der Waals surface area contributed by atoms with Gasteiger partial charge in [0.05, 0.1) is 32.5 Å². The van der Waals surface area contributed by atoms with Gasteiger partial charge in [0.2, 0.25) is 0 Å². The van der Waals surface area contributed by atoms with Gasteiger partial charge in [-0.3, -0.25) is 4.79 Å². The predicted molar refractivity (Wildman–Crippen MR) is 151 cm³/mol. The van der Waals surface area contributed by atoms with E-state index in [2.05, 4.69) is 34.0 Å². The topological polar surface area (TPSA) is 137 Å². The van der Waals surface area contributed by atoms with Crippen LogP contribution >= 0.6 is 11.3 Å². The third-order valence-electron chi connectivity index (χ3n) is 7.19. The number of nitrogens with zero attached hydrogens (tertiary/aromatic N) is 1. The minimum absolute atomic E-state index is 0.0286. The SMILES string of the molecule is C[C@](CNC(=O)c1ccccc1O)(C[C@@H](O)c1nc2ccc(C#CC#CC3(CO)CCC3)cc2s1)S(C)(=O)=O. The van der Waals surface area contributed by atoms with Crippen LogP contribution in [0.25, 0.3) is 10.2 Å². The zero-order chi connectivity index (χ0) is 28.3. The Morgan fingerprint density at radius 1 is 1.23 bits per heavy atom. The first kappa shape index (κ1) is 28.6. The van der Waals surface area contributed by atoms with E-state index in [-0.39, 0.29) is 36.3 Å². The number of fused-ring (bicyclic) bond motifs is 1. The summed E-state index contributed by atoms with van der Waals surface area (Å²) in [6.45, 7) is 1.24. The molecule has 4 N–H and O–H groups in total. The van der Waals surface area contributed by atoms with E-state index in [9.17, 15) is 28.5 Å². The van der Waals surface area contributed by atoms with Crippen LogP contribution in [0.15, 0.2) is 42.5 Å². The molecule has 8 nitrogen and oxygen atoms in total. The number of phenols is 1. The summed E-state index contributed by atoms with van der Waals surface area (Å²) >= 11 is 1.24. The molecule has 39 heavy (non-hydrogen) atoms. The number of aromatic hydroxyl groups is 1. The summed E-state index contributed by atoms with van der Waals surface area (Å²) in [5.41, 5.74) is 1.09. The molecule has 204 valence electrons. The molecule has 0 aliphatic heterocycles. The normalized spacial score (nSPS) is 16.5. The molecule has 0 unspecified atom stereocenters. The van der Waals surface area contributed by atoms with Gasteiger partial charge in [-0.2, -0.15) is 0 Å². The van der Waals surface area contributed by atoms with Gasteiger partial charge in [-0.1, -0.05) is 30.4 Å². The average molecular weight is 567 g/mol. The van der Waals surface area contributed by atoms with E-state index < -0.39 is 26.6 Å². The van der Waals surface area contributed by atoms with Crippen molar-refractivity contribution in [2.75, 3.05) is 19.4 Å². The number of aromatic nitrogens is 1. The van der Waals surface area contributed by atoms with Crippen LogP contribution < -0.4 is 5.32 Å². The highest BCUT2D eigenvalue weighted by Gasteiger charge is 2.39. The van der Waals surface area contributed by atoms with Gasteiger partial charge in [0, 0.05) is 24.8 Å². The molecule has 1 heterocycles. The van der Waals surface area contributed by atoms with Crippen molar-refractivity contribution < 1.29 is 28.5 Å². The van der Waals surface area contributed by atoms with Crippen molar-refractivity contribution in [2.24, 2.45) is 5.41 Å². The molecule has 1 fully saturated rings. The van der Waals surface area contributed by atoms with E-state index in [1.807, 2.05) is 6.07 Å². The summed E-state index contributed by atoms with van der Waals surface area (Å²) in [5, 5.41) is 33.3. The second kappa shape index (κ2) is 11.4. The summed E-state index contributed by atoms with van der Waals surface area (Å²) < 4.78 is 24.7. The number of aliphatic hydroxyl groups excluding tert-OH is 2. The number of carbonyl (C=O) groups excluding carboxylic acids is 1. The number of benzene rings is 2. The standard InChI is InChI=1S/C29H30N2O6S2/c1-28(39(2,36)37,18-30-26(35)21-9-3-4-10-23(21)33)17-24(34)27-31-22-12-11-20(16-25(22)38-27)8-5-6-13-29(19-32)14-7-15-29/h3-4,9-12,16,24,32-34H,7,14-15,17-19H2,1-2H3,(H,30,35)/t24-,28-/m1/s1. The van der Waals surface area contributed by atoms with Gasteiger partial charge in [-0.05, 0) is 61.9 Å². The molecular formula is C29H30N2O6S2. The highest BCUT2D eigenvalue weighted by atomic mass is 32.2. The summed E-state index contributed by atoms with van der Waals surface area (Å²) in [6.07, 6.45) is 2.51. The Morgan fingerprint density at radius 2 is 1.97 bits per heavy atom. The Morgan fingerprint density at radius 3 is 2.62 bits per heavy atom. The van der Waals surface area contributed by atoms with Gasteiger partial charge >= 0.3 is 0 Å². The number of sulfone groups is 1. The number of rotatable bonds is 8. The monoisotopic (exact) mass is 566 g/mol. The zero-order valence-corrected chi connectivity index (χ0v) is 23.3. The zero-order valence-electron chi connectivity index (χ0n) is 21.7. The molecule has 2 aromatic carbocycles. The lowest BCUT2D eigenvalue weighted by atomic mass is 9.70. The van der Waals surface area contributed by atoms with Crippen molar-refractivity contribution in [1.82, 2.24) is 10.3 Å².